The van der Waals surface area contributed by atoms with Crippen LogP contribution in [0.1, 0.15) is 23.8 Å². The SMILES string of the molecule is C[C@@H]1CCc2sc3[nH]c(=S)n(-c4ccccc4)c(=O)c3c2C1. The predicted octanol–water partition coefficient (Wildman–Crippen LogP) is 4.23. The lowest BCUT2D eigenvalue weighted by atomic mass is 9.89. The molecule has 0 bridgehead atoms. The Morgan fingerprint density at radius 1 is 1.32 bits per heavy atom. The van der Waals surface area contributed by atoms with E-state index in [1.54, 1.807) is 15.9 Å². The first-order valence-corrected chi connectivity index (χ1v) is 8.72. The van der Waals surface area contributed by atoms with Gasteiger partial charge < -0.3 is 4.98 Å². The van der Waals surface area contributed by atoms with Gasteiger partial charge in [-0.1, -0.05) is 25.1 Å². The van der Waals surface area contributed by atoms with E-state index in [0.29, 0.717) is 10.7 Å². The number of benzene rings is 1. The third-order valence-corrected chi connectivity index (χ3v) is 5.85. The average molecular weight is 328 g/mol. The number of hydrogen-bond donors (Lipinski definition) is 1. The zero-order chi connectivity index (χ0) is 15.3. The van der Waals surface area contributed by atoms with Gasteiger partial charge in [-0.2, -0.15) is 0 Å². The van der Waals surface area contributed by atoms with Gasteiger partial charge in [-0.15, -0.1) is 11.3 Å². The van der Waals surface area contributed by atoms with Crippen LogP contribution in [0.15, 0.2) is 35.1 Å². The minimum Gasteiger partial charge on any atom is -0.323 e. The van der Waals surface area contributed by atoms with Crippen molar-refractivity contribution < 1.29 is 0 Å². The Morgan fingerprint density at radius 3 is 2.86 bits per heavy atom. The van der Waals surface area contributed by atoms with Crippen molar-refractivity contribution in [1.29, 1.82) is 0 Å². The van der Waals surface area contributed by atoms with Crippen LogP contribution in [0.25, 0.3) is 15.9 Å². The highest BCUT2D eigenvalue weighted by Crippen LogP contribution is 2.35. The molecule has 0 radical (unpaired) electrons. The van der Waals surface area contributed by atoms with Gasteiger partial charge in [0.15, 0.2) is 4.77 Å². The van der Waals surface area contributed by atoms with Gasteiger partial charge in [-0.05, 0) is 55.1 Å². The van der Waals surface area contributed by atoms with Crippen molar-refractivity contribution in [2.45, 2.75) is 26.2 Å². The molecule has 0 aliphatic heterocycles. The largest absolute Gasteiger partial charge is 0.323 e. The summed E-state index contributed by atoms with van der Waals surface area (Å²) >= 11 is 7.13. The highest BCUT2D eigenvalue weighted by atomic mass is 32.1. The molecule has 1 aliphatic rings. The summed E-state index contributed by atoms with van der Waals surface area (Å²) in [5.41, 5.74) is 2.07. The minimum atomic E-state index is 0.0107. The molecule has 0 saturated heterocycles. The summed E-state index contributed by atoms with van der Waals surface area (Å²) in [6.45, 7) is 2.26. The summed E-state index contributed by atoms with van der Waals surface area (Å²) in [7, 11) is 0. The van der Waals surface area contributed by atoms with Crippen molar-refractivity contribution in [3.63, 3.8) is 0 Å². The number of para-hydroxylation sites is 1. The predicted molar refractivity (Wildman–Crippen MR) is 93.8 cm³/mol. The molecule has 4 rings (SSSR count). The van der Waals surface area contributed by atoms with E-state index in [4.69, 9.17) is 12.2 Å². The monoisotopic (exact) mass is 328 g/mol. The van der Waals surface area contributed by atoms with E-state index in [1.807, 2.05) is 30.3 Å². The molecule has 0 spiro atoms. The van der Waals surface area contributed by atoms with Crippen LogP contribution in [-0.2, 0) is 12.8 Å². The normalized spacial score (nSPS) is 17.6. The maximum Gasteiger partial charge on any atom is 0.267 e. The van der Waals surface area contributed by atoms with Crippen LogP contribution < -0.4 is 5.56 Å². The van der Waals surface area contributed by atoms with Crippen molar-refractivity contribution in [1.82, 2.24) is 9.55 Å². The van der Waals surface area contributed by atoms with Crippen molar-refractivity contribution in [3.05, 3.63) is 55.9 Å². The molecule has 3 nitrogen and oxygen atoms in total. The summed E-state index contributed by atoms with van der Waals surface area (Å²) in [6, 6.07) is 9.61. The second-order valence-electron chi connectivity index (χ2n) is 5.96. The summed E-state index contributed by atoms with van der Waals surface area (Å²) < 4.78 is 2.08. The Kier molecular flexibility index (Phi) is 3.27. The Labute approximate surface area is 137 Å². The van der Waals surface area contributed by atoms with Gasteiger partial charge in [0, 0.05) is 4.88 Å². The number of hydrogen-bond acceptors (Lipinski definition) is 3. The van der Waals surface area contributed by atoms with Crippen molar-refractivity contribution in [2.75, 3.05) is 0 Å². The summed E-state index contributed by atoms with van der Waals surface area (Å²) in [4.78, 5) is 18.6. The molecule has 22 heavy (non-hydrogen) atoms. The van der Waals surface area contributed by atoms with Crippen LogP contribution in [0.4, 0.5) is 0 Å². The van der Waals surface area contributed by atoms with Gasteiger partial charge in [0.1, 0.15) is 4.83 Å². The molecule has 0 fully saturated rings. The maximum absolute atomic E-state index is 13.1. The van der Waals surface area contributed by atoms with E-state index in [2.05, 4.69) is 11.9 Å². The summed E-state index contributed by atoms with van der Waals surface area (Å²) in [5, 5.41) is 0.837. The fourth-order valence-corrected chi connectivity index (χ4v) is 4.83. The Morgan fingerprint density at radius 2 is 2.09 bits per heavy atom. The van der Waals surface area contributed by atoms with Gasteiger partial charge in [0.05, 0.1) is 11.1 Å². The number of aromatic nitrogens is 2. The van der Waals surface area contributed by atoms with Crippen molar-refractivity contribution in [2.24, 2.45) is 5.92 Å². The van der Waals surface area contributed by atoms with Crippen molar-refractivity contribution in [3.8, 4) is 5.69 Å². The molecule has 1 aromatic carbocycles. The maximum atomic E-state index is 13.1. The lowest BCUT2D eigenvalue weighted by molar-refractivity contribution is 0.508. The highest BCUT2D eigenvalue weighted by Gasteiger charge is 2.23. The third kappa shape index (κ3) is 2.08. The van der Waals surface area contributed by atoms with E-state index < -0.39 is 0 Å². The van der Waals surface area contributed by atoms with Crippen LogP contribution in [-0.4, -0.2) is 9.55 Å². The lowest BCUT2D eigenvalue weighted by Crippen LogP contribution is -2.21. The van der Waals surface area contributed by atoms with E-state index in [0.717, 1.165) is 28.7 Å². The molecule has 2 aromatic heterocycles. The lowest BCUT2D eigenvalue weighted by Gasteiger charge is -2.17. The number of H-pyrrole nitrogens is 1. The highest BCUT2D eigenvalue weighted by molar-refractivity contribution is 7.71. The first kappa shape index (κ1) is 13.9. The van der Waals surface area contributed by atoms with Crippen LogP contribution >= 0.6 is 23.6 Å². The molecule has 3 aromatic rings. The molecule has 5 heteroatoms. The summed E-state index contributed by atoms with van der Waals surface area (Å²) in [6.07, 6.45) is 3.26. The molecule has 1 N–H and O–H groups in total. The van der Waals surface area contributed by atoms with E-state index in [-0.39, 0.29) is 5.56 Å². The second-order valence-corrected chi connectivity index (χ2v) is 7.45. The number of aromatic amines is 1. The van der Waals surface area contributed by atoms with Gasteiger partial charge in [-0.25, -0.2) is 0 Å². The number of rotatable bonds is 1. The zero-order valence-electron chi connectivity index (χ0n) is 12.3. The molecule has 1 atom stereocenters. The Balaban J connectivity index is 2.07. The van der Waals surface area contributed by atoms with Crippen LogP contribution in [0, 0.1) is 10.7 Å². The number of nitrogens with zero attached hydrogens (tertiary/aromatic N) is 1. The minimum absolute atomic E-state index is 0.0107. The number of aryl methyl sites for hydroxylation is 1. The molecule has 112 valence electrons. The molecule has 0 unspecified atom stereocenters. The first-order valence-electron chi connectivity index (χ1n) is 7.50. The molecule has 2 heterocycles. The molecule has 0 amide bonds. The average Bonchev–Trinajstić information content (AvgIpc) is 2.85. The molecule has 0 saturated carbocycles. The molecular weight excluding hydrogens is 312 g/mol. The zero-order valence-corrected chi connectivity index (χ0v) is 13.9. The second kappa shape index (κ2) is 5.18. The fourth-order valence-electron chi connectivity index (χ4n) is 3.24. The Bertz CT molecular complexity index is 966. The van der Waals surface area contributed by atoms with Gasteiger partial charge in [0.25, 0.3) is 5.56 Å². The van der Waals surface area contributed by atoms with Crippen molar-refractivity contribution >= 4 is 33.8 Å². The quantitative estimate of drug-likeness (QED) is 0.679. The Hall–Kier alpha value is -1.72. The van der Waals surface area contributed by atoms with Gasteiger partial charge in [0.2, 0.25) is 0 Å². The van der Waals surface area contributed by atoms with Crippen LogP contribution in [0.3, 0.4) is 0 Å². The van der Waals surface area contributed by atoms with Crippen LogP contribution in [0.2, 0.25) is 0 Å². The molecular formula is C17H16N2OS2. The van der Waals surface area contributed by atoms with E-state index >= 15 is 0 Å². The summed E-state index contributed by atoms with van der Waals surface area (Å²) in [5.74, 6) is 0.637. The number of fused-ring (bicyclic) bond motifs is 3. The number of thiophene rings is 1. The van der Waals surface area contributed by atoms with E-state index in [9.17, 15) is 4.79 Å². The fraction of sp³-hybridized carbons (Fsp3) is 0.294. The van der Waals surface area contributed by atoms with Gasteiger partial charge >= 0.3 is 0 Å². The van der Waals surface area contributed by atoms with Gasteiger partial charge in [-0.3, -0.25) is 9.36 Å². The topological polar surface area (TPSA) is 37.8 Å². The standard InChI is InChI=1S/C17H16N2OS2/c1-10-7-8-13-12(9-10)14-15(22-13)18-17(21)19(16(14)20)11-5-3-2-4-6-11/h2-6,10H,7-9H2,1H3,(H,18,21)/t10-/m1/s1. The molecule has 1 aliphatic carbocycles. The number of nitrogens with one attached hydrogen (secondary N) is 1. The van der Waals surface area contributed by atoms with E-state index in [1.165, 1.54) is 16.9 Å². The van der Waals surface area contributed by atoms with Crippen LogP contribution in [0.5, 0.6) is 0 Å². The third-order valence-electron chi connectivity index (χ3n) is 4.36. The smallest absolute Gasteiger partial charge is 0.267 e. The first-order chi connectivity index (χ1) is 10.6.